The maximum absolute atomic E-state index is 5.90. The van der Waals surface area contributed by atoms with Crippen LogP contribution in [0.3, 0.4) is 0 Å². The van der Waals surface area contributed by atoms with Crippen LogP contribution in [0.4, 0.5) is 0 Å². The molecule has 0 aromatic heterocycles. The van der Waals surface area contributed by atoms with Gasteiger partial charge in [-0.1, -0.05) is 6.07 Å². The van der Waals surface area contributed by atoms with Gasteiger partial charge in [0, 0.05) is 18.6 Å². The second-order valence-corrected chi connectivity index (χ2v) is 5.39. The van der Waals surface area contributed by atoms with E-state index in [0.29, 0.717) is 12.1 Å². The summed E-state index contributed by atoms with van der Waals surface area (Å²) in [6, 6.07) is 7.66. The Hall–Kier alpha value is -1.06. The summed E-state index contributed by atoms with van der Waals surface area (Å²) >= 11 is 0. The van der Waals surface area contributed by atoms with E-state index >= 15 is 0 Å². The standard InChI is InChI=1S/C15H22N2O/c1-18-13-6-4-11-5-7-15(14(11)9-13)17-8-2-3-12(17)10-16/h4,6,9,12,15H,2-3,5,7-8,10,16H2,1H3. The lowest BCUT2D eigenvalue weighted by Gasteiger charge is -2.30. The minimum absolute atomic E-state index is 0.561. The average molecular weight is 246 g/mol. The van der Waals surface area contributed by atoms with Crippen molar-refractivity contribution in [1.29, 1.82) is 0 Å². The van der Waals surface area contributed by atoms with Crippen molar-refractivity contribution in [3.05, 3.63) is 29.3 Å². The Bertz CT molecular complexity index is 433. The Morgan fingerprint density at radius 3 is 3.06 bits per heavy atom. The maximum atomic E-state index is 5.90. The lowest BCUT2D eigenvalue weighted by atomic mass is 10.1. The molecule has 18 heavy (non-hydrogen) atoms. The Labute approximate surface area is 109 Å². The molecular weight excluding hydrogens is 224 g/mol. The van der Waals surface area contributed by atoms with E-state index in [0.717, 1.165) is 12.3 Å². The Balaban J connectivity index is 1.89. The molecule has 3 rings (SSSR count). The first kappa shape index (κ1) is 12.0. The molecule has 3 heteroatoms. The van der Waals surface area contributed by atoms with E-state index in [-0.39, 0.29) is 0 Å². The molecular formula is C15H22N2O. The third-order valence-corrected chi connectivity index (χ3v) is 4.49. The van der Waals surface area contributed by atoms with Gasteiger partial charge >= 0.3 is 0 Å². The molecule has 3 nitrogen and oxygen atoms in total. The van der Waals surface area contributed by atoms with Gasteiger partial charge in [0.1, 0.15) is 5.75 Å². The highest BCUT2D eigenvalue weighted by molar-refractivity contribution is 5.41. The van der Waals surface area contributed by atoms with Crippen LogP contribution in [-0.4, -0.2) is 31.1 Å². The highest BCUT2D eigenvalue weighted by atomic mass is 16.5. The molecule has 98 valence electrons. The Morgan fingerprint density at radius 1 is 1.39 bits per heavy atom. The SMILES string of the molecule is COc1ccc2c(c1)C(N1CCCC1CN)CC2. The van der Waals surface area contributed by atoms with E-state index in [1.807, 2.05) is 0 Å². The highest BCUT2D eigenvalue weighted by Crippen LogP contribution is 2.40. The molecule has 0 bridgehead atoms. The number of nitrogens with zero attached hydrogens (tertiary/aromatic N) is 1. The summed E-state index contributed by atoms with van der Waals surface area (Å²) in [5.74, 6) is 0.976. The molecule has 2 unspecified atom stereocenters. The van der Waals surface area contributed by atoms with Crippen LogP contribution in [0.25, 0.3) is 0 Å². The van der Waals surface area contributed by atoms with Crippen molar-refractivity contribution in [2.24, 2.45) is 5.73 Å². The number of benzene rings is 1. The lowest BCUT2D eigenvalue weighted by Crippen LogP contribution is -2.37. The summed E-state index contributed by atoms with van der Waals surface area (Å²) < 4.78 is 5.36. The van der Waals surface area contributed by atoms with Crippen molar-refractivity contribution in [1.82, 2.24) is 4.90 Å². The summed E-state index contributed by atoms with van der Waals surface area (Å²) in [7, 11) is 1.74. The number of hydrogen-bond acceptors (Lipinski definition) is 3. The van der Waals surface area contributed by atoms with Crippen molar-refractivity contribution in [2.45, 2.75) is 37.8 Å². The number of rotatable bonds is 3. The van der Waals surface area contributed by atoms with Gasteiger partial charge in [-0.15, -0.1) is 0 Å². The van der Waals surface area contributed by atoms with Gasteiger partial charge in [0.05, 0.1) is 7.11 Å². The van der Waals surface area contributed by atoms with Gasteiger partial charge in [0.15, 0.2) is 0 Å². The average Bonchev–Trinajstić information content (AvgIpc) is 3.03. The van der Waals surface area contributed by atoms with E-state index in [1.54, 1.807) is 7.11 Å². The van der Waals surface area contributed by atoms with Crippen LogP contribution in [-0.2, 0) is 6.42 Å². The van der Waals surface area contributed by atoms with Gasteiger partial charge in [0.2, 0.25) is 0 Å². The Morgan fingerprint density at radius 2 is 2.28 bits per heavy atom. The van der Waals surface area contributed by atoms with Crippen LogP contribution >= 0.6 is 0 Å². The number of hydrogen-bond donors (Lipinski definition) is 1. The van der Waals surface area contributed by atoms with E-state index in [1.165, 1.54) is 43.4 Å². The topological polar surface area (TPSA) is 38.5 Å². The predicted octanol–water partition coefficient (Wildman–Crippen LogP) is 2.11. The van der Waals surface area contributed by atoms with E-state index in [2.05, 4.69) is 23.1 Å². The van der Waals surface area contributed by atoms with Crippen molar-refractivity contribution in [2.75, 3.05) is 20.2 Å². The third kappa shape index (κ3) is 1.91. The predicted molar refractivity (Wildman–Crippen MR) is 72.8 cm³/mol. The van der Waals surface area contributed by atoms with Gasteiger partial charge in [-0.2, -0.15) is 0 Å². The highest BCUT2D eigenvalue weighted by Gasteiger charge is 2.34. The molecule has 2 atom stereocenters. The van der Waals surface area contributed by atoms with Crippen LogP contribution in [0.2, 0.25) is 0 Å². The molecule has 0 amide bonds. The molecule has 1 aromatic carbocycles. The molecule has 1 aromatic rings. The number of fused-ring (bicyclic) bond motifs is 1. The molecule has 1 heterocycles. The van der Waals surface area contributed by atoms with Crippen molar-refractivity contribution >= 4 is 0 Å². The zero-order valence-electron chi connectivity index (χ0n) is 11.1. The van der Waals surface area contributed by atoms with Crippen molar-refractivity contribution in [3.63, 3.8) is 0 Å². The van der Waals surface area contributed by atoms with E-state index in [9.17, 15) is 0 Å². The van der Waals surface area contributed by atoms with Gasteiger partial charge in [-0.05, 0) is 55.5 Å². The monoisotopic (exact) mass is 246 g/mol. The van der Waals surface area contributed by atoms with Gasteiger partial charge in [0.25, 0.3) is 0 Å². The minimum atomic E-state index is 0.561. The van der Waals surface area contributed by atoms with Crippen molar-refractivity contribution in [3.8, 4) is 5.75 Å². The molecule has 0 spiro atoms. The number of aryl methyl sites for hydroxylation is 1. The molecule has 1 saturated heterocycles. The second-order valence-electron chi connectivity index (χ2n) is 5.39. The summed E-state index contributed by atoms with van der Waals surface area (Å²) in [6.45, 7) is 1.99. The number of nitrogens with two attached hydrogens (primary N) is 1. The molecule has 0 radical (unpaired) electrons. The number of likely N-dealkylation sites (tertiary alicyclic amines) is 1. The number of methoxy groups -OCH3 is 1. The molecule has 2 N–H and O–H groups in total. The second kappa shape index (κ2) is 4.90. The summed E-state index contributed by atoms with van der Waals surface area (Å²) in [4.78, 5) is 2.62. The Kier molecular flexibility index (Phi) is 3.27. The van der Waals surface area contributed by atoms with Gasteiger partial charge in [-0.25, -0.2) is 0 Å². The largest absolute Gasteiger partial charge is 0.497 e. The minimum Gasteiger partial charge on any atom is -0.497 e. The summed E-state index contributed by atoms with van der Waals surface area (Å²) in [5, 5.41) is 0. The molecule has 1 aliphatic carbocycles. The van der Waals surface area contributed by atoms with Crippen LogP contribution in [0.5, 0.6) is 5.75 Å². The van der Waals surface area contributed by atoms with Crippen molar-refractivity contribution < 1.29 is 4.74 Å². The van der Waals surface area contributed by atoms with Gasteiger partial charge in [-0.3, -0.25) is 4.90 Å². The lowest BCUT2D eigenvalue weighted by molar-refractivity contribution is 0.183. The number of ether oxygens (including phenoxy) is 1. The third-order valence-electron chi connectivity index (χ3n) is 4.49. The first-order chi connectivity index (χ1) is 8.83. The van der Waals surface area contributed by atoms with Crippen LogP contribution in [0.1, 0.15) is 36.4 Å². The van der Waals surface area contributed by atoms with E-state index < -0.39 is 0 Å². The molecule has 1 aliphatic heterocycles. The summed E-state index contributed by atoms with van der Waals surface area (Å²) in [5.41, 5.74) is 8.86. The van der Waals surface area contributed by atoms with Crippen LogP contribution in [0, 0.1) is 0 Å². The first-order valence-electron chi connectivity index (χ1n) is 6.96. The fourth-order valence-electron chi connectivity index (χ4n) is 3.55. The van der Waals surface area contributed by atoms with Crippen LogP contribution in [0.15, 0.2) is 18.2 Å². The molecule has 1 fully saturated rings. The van der Waals surface area contributed by atoms with E-state index in [4.69, 9.17) is 10.5 Å². The normalized spacial score (nSPS) is 27.4. The van der Waals surface area contributed by atoms with Crippen LogP contribution < -0.4 is 10.5 Å². The zero-order chi connectivity index (χ0) is 12.5. The first-order valence-corrected chi connectivity index (χ1v) is 6.96. The maximum Gasteiger partial charge on any atom is 0.119 e. The fraction of sp³-hybridized carbons (Fsp3) is 0.600. The molecule has 0 saturated carbocycles. The quantitative estimate of drug-likeness (QED) is 0.887. The zero-order valence-corrected chi connectivity index (χ0v) is 11.1. The fourth-order valence-corrected chi connectivity index (χ4v) is 3.55. The van der Waals surface area contributed by atoms with Gasteiger partial charge < -0.3 is 10.5 Å². The smallest absolute Gasteiger partial charge is 0.119 e. The summed E-state index contributed by atoms with van der Waals surface area (Å²) in [6.07, 6.45) is 4.97. The molecule has 2 aliphatic rings.